The number of anilines is 1. The van der Waals surface area contributed by atoms with Crippen LogP contribution in [0.2, 0.25) is 0 Å². The number of ether oxygens (including phenoxy) is 2. The van der Waals surface area contributed by atoms with Crippen LogP contribution in [0.25, 0.3) is 0 Å². The minimum Gasteiger partial charge on any atom is -0.497 e. The molecular weight excluding hydrogens is 470 g/mol. The topological polar surface area (TPSA) is 122 Å². The zero-order chi connectivity index (χ0) is 24.1. The number of carbonyl (C=O) groups excluding carboxylic acids is 1. The zero-order valence-electron chi connectivity index (χ0n) is 18.4. The van der Waals surface area contributed by atoms with Crippen molar-refractivity contribution in [2.75, 3.05) is 50.5 Å². The van der Waals surface area contributed by atoms with Gasteiger partial charge in [-0.15, -0.1) is 0 Å². The summed E-state index contributed by atoms with van der Waals surface area (Å²) in [4.78, 5) is 12.5. The third-order valence-electron chi connectivity index (χ3n) is 5.07. The van der Waals surface area contributed by atoms with Crippen molar-refractivity contribution in [3.8, 4) is 5.75 Å². The molecule has 1 heterocycles. The van der Waals surface area contributed by atoms with E-state index in [1.54, 1.807) is 31.4 Å². The number of nitrogens with zero attached hydrogens (tertiary/aromatic N) is 2. The third kappa shape index (κ3) is 6.44. The van der Waals surface area contributed by atoms with Gasteiger partial charge in [-0.25, -0.2) is 16.8 Å². The molecule has 0 atom stereocenters. The Balaban J connectivity index is 1.70. The van der Waals surface area contributed by atoms with E-state index in [4.69, 9.17) is 9.47 Å². The summed E-state index contributed by atoms with van der Waals surface area (Å²) in [6.45, 7) is 0.944. The van der Waals surface area contributed by atoms with Crippen LogP contribution < -0.4 is 14.4 Å². The Bertz CT molecular complexity index is 1160. The SMILES string of the molecule is COc1ccc(CNC(=O)CN(c2ccc(S(=O)(=O)N3CCOCC3)cc2)S(C)(=O)=O)cc1. The van der Waals surface area contributed by atoms with Crippen LogP contribution in [-0.4, -0.2) is 73.3 Å². The number of methoxy groups -OCH3 is 1. The fourth-order valence-corrected chi connectivity index (χ4v) is 5.52. The number of benzene rings is 2. The van der Waals surface area contributed by atoms with Gasteiger partial charge in [0.25, 0.3) is 0 Å². The molecule has 1 aliphatic heterocycles. The number of morpholine rings is 1. The zero-order valence-corrected chi connectivity index (χ0v) is 20.1. The lowest BCUT2D eigenvalue weighted by atomic mass is 10.2. The number of amides is 1. The molecule has 0 aliphatic carbocycles. The average Bonchev–Trinajstić information content (AvgIpc) is 2.81. The third-order valence-corrected chi connectivity index (χ3v) is 8.12. The highest BCUT2D eigenvalue weighted by Crippen LogP contribution is 2.23. The predicted octanol–water partition coefficient (Wildman–Crippen LogP) is 0.799. The van der Waals surface area contributed by atoms with Crippen LogP contribution in [0.15, 0.2) is 53.4 Å². The highest BCUT2D eigenvalue weighted by Gasteiger charge is 2.27. The molecular formula is C21H27N3O7S2. The summed E-state index contributed by atoms with van der Waals surface area (Å²) in [6, 6.07) is 12.5. The van der Waals surface area contributed by atoms with Gasteiger partial charge in [-0.2, -0.15) is 4.31 Å². The molecule has 0 aromatic heterocycles. The van der Waals surface area contributed by atoms with Gasteiger partial charge in [0, 0.05) is 19.6 Å². The minimum atomic E-state index is -3.79. The number of nitrogens with one attached hydrogen (secondary N) is 1. The maximum Gasteiger partial charge on any atom is 0.243 e. The van der Waals surface area contributed by atoms with Crippen LogP contribution in [0.5, 0.6) is 5.75 Å². The molecule has 12 heteroatoms. The average molecular weight is 498 g/mol. The van der Waals surface area contributed by atoms with Gasteiger partial charge in [-0.1, -0.05) is 12.1 Å². The van der Waals surface area contributed by atoms with E-state index >= 15 is 0 Å². The molecule has 1 saturated heterocycles. The Morgan fingerprint density at radius 2 is 1.64 bits per heavy atom. The molecule has 1 aliphatic rings. The van der Waals surface area contributed by atoms with E-state index < -0.39 is 32.5 Å². The van der Waals surface area contributed by atoms with Gasteiger partial charge in [0.1, 0.15) is 12.3 Å². The van der Waals surface area contributed by atoms with Crippen molar-refractivity contribution in [3.63, 3.8) is 0 Å². The Labute approximate surface area is 194 Å². The van der Waals surface area contributed by atoms with Crippen LogP contribution in [0.4, 0.5) is 5.69 Å². The Hall–Kier alpha value is -2.67. The molecule has 33 heavy (non-hydrogen) atoms. The molecule has 0 unspecified atom stereocenters. The molecule has 0 spiro atoms. The van der Waals surface area contributed by atoms with E-state index in [1.807, 2.05) is 0 Å². The van der Waals surface area contributed by atoms with Crippen molar-refractivity contribution >= 4 is 31.6 Å². The number of rotatable bonds is 9. The maximum absolute atomic E-state index is 12.8. The highest BCUT2D eigenvalue weighted by molar-refractivity contribution is 7.92. The first kappa shape index (κ1) is 25.0. The summed E-state index contributed by atoms with van der Waals surface area (Å²) >= 11 is 0. The molecule has 0 saturated carbocycles. The summed E-state index contributed by atoms with van der Waals surface area (Å²) in [7, 11) is -5.95. The minimum absolute atomic E-state index is 0.0468. The van der Waals surface area contributed by atoms with Crippen molar-refractivity contribution in [2.45, 2.75) is 11.4 Å². The van der Waals surface area contributed by atoms with Crippen LogP contribution in [0.3, 0.4) is 0 Å². The summed E-state index contributed by atoms with van der Waals surface area (Å²) in [6.07, 6.45) is 0.988. The molecule has 1 N–H and O–H groups in total. The number of hydrogen-bond donors (Lipinski definition) is 1. The molecule has 2 aromatic rings. The van der Waals surface area contributed by atoms with E-state index in [2.05, 4.69) is 5.32 Å². The monoisotopic (exact) mass is 497 g/mol. The summed E-state index contributed by atoms with van der Waals surface area (Å²) in [5, 5.41) is 2.69. The number of hydrogen-bond acceptors (Lipinski definition) is 7. The van der Waals surface area contributed by atoms with Gasteiger partial charge in [0.15, 0.2) is 0 Å². The standard InChI is InChI=1S/C21H27N3O7S2/c1-30-19-7-3-17(4-8-19)15-22-21(25)16-24(32(2,26)27)18-5-9-20(10-6-18)33(28,29)23-11-13-31-14-12-23/h3-10H,11-16H2,1-2H3,(H,22,25). The van der Waals surface area contributed by atoms with Gasteiger partial charge in [-0.05, 0) is 42.0 Å². The molecule has 2 aromatic carbocycles. The van der Waals surface area contributed by atoms with E-state index in [-0.39, 0.29) is 30.2 Å². The predicted molar refractivity (Wildman–Crippen MR) is 123 cm³/mol. The number of carbonyl (C=O) groups is 1. The molecule has 0 bridgehead atoms. The Kier molecular flexibility index (Phi) is 7.95. The summed E-state index contributed by atoms with van der Waals surface area (Å²) < 4.78 is 62.7. The lowest BCUT2D eigenvalue weighted by molar-refractivity contribution is -0.119. The quantitative estimate of drug-likeness (QED) is 0.544. The lowest BCUT2D eigenvalue weighted by Crippen LogP contribution is -2.41. The van der Waals surface area contributed by atoms with Gasteiger partial charge < -0.3 is 14.8 Å². The van der Waals surface area contributed by atoms with Crippen molar-refractivity contribution < 1.29 is 31.1 Å². The van der Waals surface area contributed by atoms with E-state index in [1.165, 1.54) is 28.6 Å². The lowest BCUT2D eigenvalue weighted by Gasteiger charge is -2.26. The van der Waals surface area contributed by atoms with Crippen molar-refractivity contribution in [1.29, 1.82) is 0 Å². The van der Waals surface area contributed by atoms with Gasteiger partial charge in [0.05, 0.1) is 37.2 Å². The van der Waals surface area contributed by atoms with Crippen LogP contribution in [0.1, 0.15) is 5.56 Å². The molecule has 1 amide bonds. The van der Waals surface area contributed by atoms with Crippen molar-refractivity contribution in [1.82, 2.24) is 9.62 Å². The smallest absolute Gasteiger partial charge is 0.243 e. The first-order chi connectivity index (χ1) is 15.6. The van der Waals surface area contributed by atoms with Gasteiger partial charge in [-0.3, -0.25) is 9.10 Å². The van der Waals surface area contributed by atoms with Gasteiger partial charge >= 0.3 is 0 Å². The maximum atomic E-state index is 12.8. The van der Waals surface area contributed by atoms with E-state index in [0.29, 0.717) is 19.0 Å². The summed E-state index contributed by atoms with van der Waals surface area (Å²) in [5.41, 5.74) is 1.02. The normalized spacial score (nSPS) is 15.1. The van der Waals surface area contributed by atoms with Gasteiger partial charge in [0.2, 0.25) is 26.0 Å². The van der Waals surface area contributed by atoms with Crippen LogP contribution in [-0.2, 0) is 36.1 Å². The fraction of sp³-hybridized carbons (Fsp3) is 0.381. The fourth-order valence-electron chi connectivity index (χ4n) is 3.25. The van der Waals surface area contributed by atoms with Crippen molar-refractivity contribution in [2.24, 2.45) is 0 Å². The second-order valence-electron chi connectivity index (χ2n) is 7.40. The number of sulfonamides is 2. The first-order valence-electron chi connectivity index (χ1n) is 10.2. The largest absolute Gasteiger partial charge is 0.497 e. The Morgan fingerprint density at radius 1 is 1.03 bits per heavy atom. The molecule has 180 valence electrons. The highest BCUT2D eigenvalue weighted by atomic mass is 32.2. The summed E-state index contributed by atoms with van der Waals surface area (Å²) in [5.74, 6) is 0.189. The second kappa shape index (κ2) is 10.5. The van der Waals surface area contributed by atoms with E-state index in [9.17, 15) is 21.6 Å². The van der Waals surface area contributed by atoms with Crippen LogP contribution in [0, 0.1) is 0 Å². The molecule has 1 fully saturated rings. The van der Waals surface area contributed by atoms with Crippen LogP contribution >= 0.6 is 0 Å². The van der Waals surface area contributed by atoms with Crippen molar-refractivity contribution in [3.05, 3.63) is 54.1 Å². The molecule has 3 rings (SSSR count). The first-order valence-corrected chi connectivity index (χ1v) is 13.5. The molecule has 10 nitrogen and oxygen atoms in total. The molecule has 0 radical (unpaired) electrons. The van der Waals surface area contributed by atoms with E-state index in [0.717, 1.165) is 16.1 Å². The Morgan fingerprint density at radius 3 is 2.18 bits per heavy atom. The second-order valence-corrected chi connectivity index (χ2v) is 11.2.